The Kier molecular flexibility index (Phi) is 5.74. The molecule has 1 fully saturated rings. The summed E-state index contributed by atoms with van der Waals surface area (Å²) in [5, 5.41) is 3.23. The number of rotatable bonds is 4. The Morgan fingerprint density at radius 3 is 2.41 bits per heavy atom. The Morgan fingerprint density at radius 2 is 1.69 bits per heavy atom. The van der Waals surface area contributed by atoms with Crippen molar-refractivity contribution in [3.63, 3.8) is 0 Å². The van der Waals surface area contributed by atoms with Gasteiger partial charge in [-0.3, -0.25) is 4.79 Å². The van der Waals surface area contributed by atoms with Gasteiger partial charge in [0.15, 0.2) is 0 Å². The summed E-state index contributed by atoms with van der Waals surface area (Å²) in [4.78, 5) is 13.2. The molecule has 0 spiro atoms. The molecule has 1 aliphatic heterocycles. The normalized spacial score (nSPS) is 20.8. The highest BCUT2D eigenvalue weighted by Crippen LogP contribution is 2.31. The fraction of sp³-hybridized carbons (Fsp3) is 0.435. The zero-order valence-electron chi connectivity index (χ0n) is 16.8. The summed E-state index contributed by atoms with van der Waals surface area (Å²) in [5.41, 5.74) is 3.58. The molecule has 6 heteroatoms. The molecule has 2 aliphatic rings. The van der Waals surface area contributed by atoms with E-state index in [0.717, 1.165) is 24.8 Å². The first kappa shape index (κ1) is 20.1. The van der Waals surface area contributed by atoms with Crippen molar-refractivity contribution in [1.82, 2.24) is 9.62 Å². The van der Waals surface area contributed by atoms with Crippen molar-refractivity contribution in [3.05, 3.63) is 65.2 Å². The van der Waals surface area contributed by atoms with Crippen LogP contribution in [0, 0.1) is 12.8 Å². The number of piperidine rings is 1. The van der Waals surface area contributed by atoms with Crippen LogP contribution in [0.25, 0.3) is 0 Å². The number of hydrogen-bond acceptors (Lipinski definition) is 3. The topological polar surface area (TPSA) is 66.5 Å². The molecule has 154 valence electrons. The predicted octanol–water partition coefficient (Wildman–Crippen LogP) is 3.59. The van der Waals surface area contributed by atoms with Gasteiger partial charge in [-0.25, -0.2) is 8.42 Å². The monoisotopic (exact) mass is 412 g/mol. The lowest BCUT2D eigenvalue weighted by atomic mass is 9.87. The van der Waals surface area contributed by atoms with Crippen LogP contribution < -0.4 is 5.32 Å². The number of carbonyl (C=O) groups is 1. The van der Waals surface area contributed by atoms with Crippen molar-refractivity contribution in [2.75, 3.05) is 13.1 Å². The van der Waals surface area contributed by atoms with Crippen LogP contribution >= 0.6 is 0 Å². The quantitative estimate of drug-likeness (QED) is 0.835. The Hall–Kier alpha value is -2.18. The largest absolute Gasteiger partial charge is 0.349 e. The second-order valence-corrected chi connectivity index (χ2v) is 10.1. The van der Waals surface area contributed by atoms with Gasteiger partial charge < -0.3 is 5.32 Å². The van der Waals surface area contributed by atoms with Crippen molar-refractivity contribution < 1.29 is 13.2 Å². The molecule has 0 bridgehead atoms. The minimum Gasteiger partial charge on any atom is -0.349 e. The molecule has 0 unspecified atom stereocenters. The zero-order valence-corrected chi connectivity index (χ0v) is 17.6. The minimum atomic E-state index is -3.49. The number of aryl methyl sites for hydroxylation is 2. The molecule has 1 aliphatic carbocycles. The summed E-state index contributed by atoms with van der Waals surface area (Å²) in [6.07, 6.45) is 4.23. The molecule has 1 saturated heterocycles. The van der Waals surface area contributed by atoms with Crippen LogP contribution in [0.3, 0.4) is 0 Å². The van der Waals surface area contributed by atoms with Gasteiger partial charge in [0.2, 0.25) is 15.9 Å². The van der Waals surface area contributed by atoms with Crippen molar-refractivity contribution in [1.29, 1.82) is 0 Å². The first-order chi connectivity index (χ1) is 13.9. The first-order valence-corrected chi connectivity index (χ1v) is 11.8. The first-order valence-electron chi connectivity index (χ1n) is 10.4. The van der Waals surface area contributed by atoms with Gasteiger partial charge in [0.1, 0.15) is 0 Å². The molecule has 1 amide bonds. The molecule has 29 heavy (non-hydrogen) atoms. The van der Waals surface area contributed by atoms with Crippen molar-refractivity contribution >= 4 is 15.9 Å². The highest BCUT2D eigenvalue weighted by molar-refractivity contribution is 7.89. The molecule has 1 atom stereocenters. The van der Waals surface area contributed by atoms with Gasteiger partial charge in [0.05, 0.1) is 10.9 Å². The lowest BCUT2D eigenvalue weighted by Crippen LogP contribution is -2.44. The second-order valence-electron chi connectivity index (χ2n) is 8.14. The number of nitrogens with zero attached hydrogens (tertiary/aromatic N) is 1. The summed E-state index contributed by atoms with van der Waals surface area (Å²) in [5.74, 6) is -0.0763. The fourth-order valence-corrected chi connectivity index (χ4v) is 5.88. The molecule has 1 N–H and O–H groups in total. The summed E-state index contributed by atoms with van der Waals surface area (Å²) in [6.45, 7) is 2.70. The molecular weight excluding hydrogens is 384 g/mol. The standard InChI is InChI=1S/C23H28N2O3S/c1-17-9-11-20(12-10-17)29(27,28)25-15-13-19(14-16-25)23(26)24-22-8-4-6-18-5-2-3-7-21(18)22/h2-3,5,7,9-12,19,22H,4,6,8,13-16H2,1H3,(H,24,26)/t22-/m0/s1. The van der Waals surface area contributed by atoms with Crippen LogP contribution in [0.2, 0.25) is 0 Å². The Balaban J connectivity index is 1.37. The molecule has 0 radical (unpaired) electrons. The molecular formula is C23H28N2O3S. The van der Waals surface area contributed by atoms with E-state index in [4.69, 9.17) is 0 Å². The van der Waals surface area contributed by atoms with E-state index < -0.39 is 10.0 Å². The van der Waals surface area contributed by atoms with Gasteiger partial charge in [-0.05, 0) is 62.3 Å². The molecule has 2 aromatic carbocycles. The van der Waals surface area contributed by atoms with Crippen LogP contribution in [0.1, 0.15) is 48.4 Å². The number of carbonyl (C=O) groups excluding carboxylic acids is 1. The Bertz CT molecular complexity index is 977. The van der Waals surface area contributed by atoms with E-state index in [1.54, 1.807) is 12.1 Å². The van der Waals surface area contributed by atoms with E-state index in [0.29, 0.717) is 30.8 Å². The van der Waals surface area contributed by atoms with Gasteiger partial charge in [-0.1, -0.05) is 42.0 Å². The fourth-order valence-electron chi connectivity index (χ4n) is 4.41. The third kappa shape index (κ3) is 4.23. The molecule has 4 rings (SSSR count). The minimum absolute atomic E-state index is 0.0547. The van der Waals surface area contributed by atoms with Crippen LogP contribution in [0.5, 0.6) is 0 Å². The SMILES string of the molecule is Cc1ccc(S(=O)(=O)N2CCC(C(=O)N[C@H]3CCCc4ccccc43)CC2)cc1. The van der Waals surface area contributed by atoms with Gasteiger partial charge in [0.25, 0.3) is 0 Å². The summed E-state index contributed by atoms with van der Waals surface area (Å²) < 4.78 is 27.2. The summed E-state index contributed by atoms with van der Waals surface area (Å²) in [7, 11) is -3.49. The third-order valence-electron chi connectivity index (χ3n) is 6.17. The lowest BCUT2D eigenvalue weighted by Gasteiger charge is -2.32. The maximum absolute atomic E-state index is 12.9. The molecule has 5 nitrogen and oxygen atoms in total. The highest BCUT2D eigenvalue weighted by atomic mass is 32.2. The molecule has 0 aromatic heterocycles. The maximum atomic E-state index is 12.9. The average Bonchev–Trinajstić information content (AvgIpc) is 2.74. The van der Waals surface area contributed by atoms with Crippen LogP contribution in [-0.2, 0) is 21.2 Å². The molecule has 1 heterocycles. The van der Waals surface area contributed by atoms with E-state index in [2.05, 4.69) is 17.4 Å². The number of sulfonamides is 1. The van der Waals surface area contributed by atoms with Crippen LogP contribution in [0.4, 0.5) is 0 Å². The van der Waals surface area contributed by atoms with E-state index in [9.17, 15) is 13.2 Å². The van der Waals surface area contributed by atoms with Crippen molar-refractivity contribution in [2.24, 2.45) is 5.92 Å². The number of nitrogens with one attached hydrogen (secondary N) is 1. The third-order valence-corrected chi connectivity index (χ3v) is 8.08. The number of amides is 1. The van der Waals surface area contributed by atoms with E-state index in [-0.39, 0.29) is 17.9 Å². The summed E-state index contributed by atoms with van der Waals surface area (Å²) >= 11 is 0. The van der Waals surface area contributed by atoms with Crippen LogP contribution in [-0.4, -0.2) is 31.7 Å². The smallest absolute Gasteiger partial charge is 0.243 e. The highest BCUT2D eigenvalue weighted by Gasteiger charge is 2.33. The number of hydrogen-bond donors (Lipinski definition) is 1. The number of benzene rings is 2. The van der Waals surface area contributed by atoms with Gasteiger partial charge in [0, 0.05) is 19.0 Å². The maximum Gasteiger partial charge on any atom is 0.243 e. The van der Waals surface area contributed by atoms with Crippen molar-refractivity contribution in [3.8, 4) is 0 Å². The van der Waals surface area contributed by atoms with E-state index >= 15 is 0 Å². The summed E-state index contributed by atoms with van der Waals surface area (Å²) in [6, 6.07) is 15.3. The number of fused-ring (bicyclic) bond motifs is 1. The Labute approximate surface area is 173 Å². The van der Waals surface area contributed by atoms with Crippen molar-refractivity contribution in [2.45, 2.75) is 50.0 Å². The van der Waals surface area contributed by atoms with E-state index in [1.807, 2.05) is 31.2 Å². The second kappa shape index (κ2) is 8.28. The Morgan fingerprint density at radius 1 is 1.00 bits per heavy atom. The van der Waals surface area contributed by atoms with E-state index in [1.165, 1.54) is 15.4 Å². The lowest BCUT2D eigenvalue weighted by molar-refractivity contribution is -0.127. The van der Waals surface area contributed by atoms with Gasteiger partial charge in [-0.15, -0.1) is 0 Å². The zero-order chi connectivity index (χ0) is 20.4. The van der Waals surface area contributed by atoms with Gasteiger partial charge >= 0.3 is 0 Å². The van der Waals surface area contributed by atoms with Crippen LogP contribution in [0.15, 0.2) is 53.4 Å². The van der Waals surface area contributed by atoms with Gasteiger partial charge in [-0.2, -0.15) is 4.31 Å². The predicted molar refractivity (Wildman–Crippen MR) is 113 cm³/mol. The average molecular weight is 413 g/mol. The molecule has 2 aromatic rings. The molecule has 0 saturated carbocycles.